The van der Waals surface area contributed by atoms with Gasteiger partial charge in [0, 0.05) is 0 Å². The molecule has 0 amide bonds. The molecule has 21 heavy (non-hydrogen) atoms. The number of imidazole rings is 1. The lowest BCUT2D eigenvalue weighted by molar-refractivity contribution is 0.0934. The molecule has 108 valence electrons. The Hall–Kier alpha value is -2.33. The Morgan fingerprint density at radius 2 is 1.90 bits per heavy atom. The van der Waals surface area contributed by atoms with Crippen molar-refractivity contribution in [2.75, 3.05) is 6.61 Å². The number of para-hydroxylation sites is 2. The van der Waals surface area contributed by atoms with E-state index in [0.717, 1.165) is 16.8 Å². The van der Waals surface area contributed by atoms with Gasteiger partial charge in [-0.2, -0.15) is 0 Å². The first-order chi connectivity index (χ1) is 10.2. The molecule has 0 aliphatic carbocycles. The van der Waals surface area contributed by atoms with Crippen molar-refractivity contribution in [2.24, 2.45) is 0 Å². The minimum atomic E-state index is -0.580. The standard InChI is InChI=1S/C17H18N2O2/c1-13-6-8-15(9-7-13)21-11-14(20)10-19-12-18-16-4-2-3-5-17(16)19/h2-9,12,14,20H,10-11H2,1H3/t14-/m1/s1. The zero-order valence-corrected chi connectivity index (χ0v) is 11.9. The van der Waals surface area contributed by atoms with E-state index < -0.39 is 6.10 Å². The topological polar surface area (TPSA) is 47.3 Å². The van der Waals surface area contributed by atoms with Crippen molar-refractivity contribution < 1.29 is 9.84 Å². The summed E-state index contributed by atoms with van der Waals surface area (Å²) in [4.78, 5) is 4.31. The molecular formula is C17H18N2O2. The number of hydrogen-bond acceptors (Lipinski definition) is 3. The number of rotatable bonds is 5. The number of aryl methyl sites for hydroxylation is 1. The molecule has 0 unspecified atom stereocenters. The summed E-state index contributed by atoms with van der Waals surface area (Å²) in [6.45, 7) is 2.75. The van der Waals surface area contributed by atoms with Crippen molar-refractivity contribution in [1.82, 2.24) is 9.55 Å². The summed E-state index contributed by atoms with van der Waals surface area (Å²) >= 11 is 0. The number of aromatic nitrogens is 2. The number of hydrogen-bond donors (Lipinski definition) is 1. The normalized spacial score (nSPS) is 12.5. The predicted molar refractivity (Wildman–Crippen MR) is 82.4 cm³/mol. The predicted octanol–water partition coefficient (Wildman–Crippen LogP) is 2.78. The summed E-state index contributed by atoms with van der Waals surface area (Å²) in [7, 11) is 0. The van der Waals surface area contributed by atoms with Crippen LogP contribution in [0.1, 0.15) is 5.56 Å². The van der Waals surface area contributed by atoms with Crippen LogP contribution in [-0.4, -0.2) is 27.4 Å². The van der Waals surface area contributed by atoms with Crippen LogP contribution >= 0.6 is 0 Å². The molecule has 0 fully saturated rings. The molecule has 4 heteroatoms. The van der Waals surface area contributed by atoms with Crippen LogP contribution in [0.2, 0.25) is 0 Å². The summed E-state index contributed by atoms with van der Waals surface area (Å²) in [5.41, 5.74) is 3.14. The summed E-state index contributed by atoms with van der Waals surface area (Å²) in [6, 6.07) is 15.7. The van der Waals surface area contributed by atoms with Gasteiger partial charge in [0.1, 0.15) is 18.5 Å². The molecule has 1 N–H and O–H groups in total. The molecule has 0 bridgehead atoms. The third kappa shape index (κ3) is 3.23. The molecule has 0 saturated heterocycles. The molecule has 1 atom stereocenters. The summed E-state index contributed by atoms with van der Waals surface area (Å²) in [5.74, 6) is 0.773. The Balaban J connectivity index is 1.61. The first kappa shape index (κ1) is 13.6. The molecule has 0 saturated carbocycles. The maximum Gasteiger partial charge on any atom is 0.119 e. The van der Waals surface area contributed by atoms with Crippen LogP contribution in [0.5, 0.6) is 5.75 Å². The Bertz CT molecular complexity index is 719. The molecule has 0 spiro atoms. The second-order valence-electron chi connectivity index (χ2n) is 5.16. The Morgan fingerprint density at radius 1 is 1.14 bits per heavy atom. The minimum Gasteiger partial charge on any atom is -0.491 e. The Morgan fingerprint density at radius 3 is 2.71 bits per heavy atom. The Labute approximate surface area is 123 Å². The van der Waals surface area contributed by atoms with E-state index in [4.69, 9.17) is 4.74 Å². The van der Waals surface area contributed by atoms with Crippen LogP contribution < -0.4 is 4.74 Å². The van der Waals surface area contributed by atoms with Crippen molar-refractivity contribution in [3.8, 4) is 5.75 Å². The molecular weight excluding hydrogens is 264 g/mol. The molecule has 0 radical (unpaired) electrons. The van der Waals surface area contributed by atoms with E-state index in [2.05, 4.69) is 4.98 Å². The fourth-order valence-corrected chi connectivity index (χ4v) is 2.26. The van der Waals surface area contributed by atoms with Crippen molar-refractivity contribution in [1.29, 1.82) is 0 Å². The lowest BCUT2D eigenvalue weighted by Gasteiger charge is -2.13. The van der Waals surface area contributed by atoms with Crippen LogP contribution in [-0.2, 0) is 6.54 Å². The number of benzene rings is 2. The quantitative estimate of drug-likeness (QED) is 0.782. The highest BCUT2D eigenvalue weighted by Crippen LogP contribution is 2.14. The van der Waals surface area contributed by atoms with E-state index in [9.17, 15) is 5.11 Å². The van der Waals surface area contributed by atoms with Crippen molar-refractivity contribution in [2.45, 2.75) is 19.6 Å². The van der Waals surface area contributed by atoms with Gasteiger partial charge < -0.3 is 14.4 Å². The average molecular weight is 282 g/mol. The molecule has 1 aromatic heterocycles. The van der Waals surface area contributed by atoms with Crippen LogP contribution in [0.15, 0.2) is 54.9 Å². The van der Waals surface area contributed by atoms with Gasteiger partial charge in [0.25, 0.3) is 0 Å². The van der Waals surface area contributed by atoms with E-state index >= 15 is 0 Å². The largest absolute Gasteiger partial charge is 0.491 e. The maximum absolute atomic E-state index is 10.1. The summed E-state index contributed by atoms with van der Waals surface area (Å²) < 4.78 is 7.54. The van der Waals surface area contributed by atoms with E-state index in [0.29, 0.717) is 6.54 Å². The lowest BCUT2D eigenvalue weighted by atomic mass is 10.2. The van der Waals surface area contributed by atoms with Crippen molar-refractivity contribution in [3.63, 3.8) is 0 Å². The highest BCUT2D eigenvalue weighted by atomic mass is 16.5. The van der Waals surface area contributed by atoms with E-state index in [1.54, 1.807) is 6.33 Å². The molecule has 2 aromatic carbocycles. The van der Waals surface area contributed by atoms with E-state index in [1.165, 1.54) is 5.56 Å². The van der Waals surface area contributed by atoms with Crippen molar-refractivity contribution in [3.05, 3.63) is 60.4 Å². The third-order valence-corrected chi connectivity index (χ3v) is 3.40. The first-order valence-electron chi connectivity index (χ1n) is 7.00. The minimum absolute atomic E-state index is 0.259. The van der Waals surface area contributed by atoms with Crippen LogP contribution in [0.3, 0.4) is 0 Å². The van der Waals surface area contributed by atoms with Gasteiger partial charge in [0.15, 0.2) is 0 Å². The number of ether oxygens (including phenoxy) is 1. The molecule has 3 rings (SSSR count). The molecule has 3 aromatic rings. The number of fused-ring (bicyclic) bond motifs is 1. The third-order valence-electron chi connectivity index (χ3n) is 3.40. The van der Waals surface area contributed by atoms with Gasteiger partial charge in [-0.25, -0.2) is 4.98 Å². The number of aliphatic hydroxyl groups excluding tert-OH is 1. The molecule has 0 aliphatic rings. The molecule has 1 heterocycles. The average Bonchev–Trinajstić information content (AvgIpc) is 2.90. The number of aliphatic hydroxyl groups is 1. The molecule has 4 nitrogen and oxygen atoms in total. The van der Waals surface area contributed by atoms with E-state index in [-0.39, 0.29) is 6.61 Å². The zero-order valence-electron chi connectivity index (χ0n) is 11.9. The smallest absolute Gasteiger partial charge is 0.119 e. The van der Waals surface area contributed by atoms with Gasteiger partial charge in [0.2, 0.25) is 0 Å². The van der Waals surface area contributed by atoms with Gasteiger partial charge >= 0.3 is 0 Å². The van der Waals surface area contributed by atoms with Crippen LogP contribution in [0.4, 0.5) is 0 Å². The molecule has 0 aliphatic heterocycles. The fourth-order valence-electron chi connectivity index (χ4n) is 2.26. The maximum atomic E-state index is 10.1. The second kappa shape index (κ2) is 5.97. The summed E-state index contributed by atoms with van der Waals surface area (Å²) in [6.07, 6.45) is 1.17. The SMILES string of the molecule is Cc1ccc(OC[C@H](O)Cn2cnc3ccccc32)cc1. The van der Waals surface area contributed by atoms with E-state index in [1.807, 2.05) is 60.0 Å². The zero-order chi connectivity index (χ0) is 14.7. The lowest BCUT2D eigenvalue weighted by Crippen LogP contribution is -2.23. The van der Waals surface area contributed by atoms with Crippen molar-refractivity contribution >= 4 is 11.0 Å². The van der Waals surface area contributed by atoms with Gasteiger partial charge in [-0.3, -0.25) is 0 Å². The summed E-state index contributed by atoms with van der Waals surface area (Å²) in [5, 5.41) is 10.1. The van der Waals surface area contributed by atoms with Gasteiger partial charge in [-0.1, -0.05) is 29.8 Å². The van der Waals surface area contributed by atoms with Crippen LogP contribution in [0.25, 0.3) is 11.0 Å². The van der Waals surface area contributed by atoms with Crippen LogP contribution in [0, 0.1) is 6.92 Å². The second-order valence-corrected chi connectivity index (χ2v) is 5.16. The van der Waals surface area contributed by atoms with Gasteiger partial charge in [-0.05, 0) is 31.2 Å². The van der Waals surface area contributed by atoms with Gasteiger partial charge in [0.05, 0.1) is 23.9 Å². The highest BCUT2D eigenvalue weighted by Gasteiger charge is 2.09. The fraction of sp³-hybridized carbons (Fsp3) is 0.235. The Kier molecular flexibility index (Phi) is 3.88. The number of nitrogens with zero attached hydrogens (tertiary/aromatic N) is 2. The highest BCUT2D eigenvalue weighted by molar-refractivity contribution is 5.74. The monoisotopic (exact) mass is 282 g/mol. The first-order valence-corrected chi connectivity index (χ1v) is 7.00. The van der Waals surface area contributed by atoms with Gasteiger partial charge in [-0.15, -0.1) is 0 Å².